The van der Waals surface area contributed by atoms with Crippen molar-refractivity contribution in [3.8, 4) is 16.9 Å². The number of carbonyl (C=O) groups is 1. The topological polar surface area (TPSA) is 130 Å². The highest BCUT2D eigenvalue weighted by Crippen LogP contribution is 2.44. The molecule has 1 amide bonds. The van der Waals surface area contributed by atoms with Gasteiger partial charge in [-0.3, -0.25) is 9.58 Å². The molecule has 8 rings (SSSR count). The highest BCUT2D eigenvalue weighted by atomic mass is 79.9. The summed E-state index contributed by atoms with van der Waals surface area (Å²) < 4.78 is 28.6. The van der Waals surface area contributed by atoms with Crippen molar-refractivity contribution in [1.29, 1.82) is 0 Å². The van der Waals surface area contributed by atoms with E-state index < -0.39 is 12.7 Å². The number of benzene rings is 3. The van der Waals surface area contributed by atoms with Crippen molar-refractivity contribution in [2.75, 3.05) is 68.1 Å². The van der Waals surface area contributed by atoms with E-state index in [1.54, 1.807) is 19.5 Å². The van der Waals surface area contributed by atoms with Gasteiger partial charge in [-0.1, -0.05) is 30.3 Å². The number of ether oxygens (including phenoxy) is 2. The van der Waals surface area contributed by atoms with Crippen molar-refractivity contribution >= 4 is 74.1 Å². The van der Waals surface area contributed by atoms with Crippen molar-refractivity contribution < 1.29 is 18.8 Å². The zero-order valence-electron chi connectivity index (χ0n) is 34.9. The maximum absolute atomic E-state index is 13.7. The second kappa shape index (κ2) is 16.8. The van der Waals surface area contributed by atoms with Crippen LogP contribution in [0.15, 0.2) is 71.6 Å². The Morgan fingerprint density at radius 2 is 1.66 bits per heavy atom. The number of nitrogens with zero attached hydrogens (tertiary/aromatic N) is 7. The van der Waals surface area contributed by atoms with Gasteiger partial charge in [0, 0.05) is 92.9 Å². The number of rotatable bonds is 10. The quantitative estimate of drug-likeness (QED) is 0.130. The molecule has 1 saturated carbocycles. The molecule has 0 bridgehead atoms. The lowest BCUT2D eigenvalue weighted by molar-refractivity contribution is 0.00901. The fourth-order valence-corrected chi connectivity index (χ4v) is 10.0. The molecule has 2 N–H and O–H groups in total. The van der Waals surface area contributed by atoms with E-state index in [0.29, 0.717) is 35.4 Å². The normalized spacial score (nSPS) is 17.2. The average Bonchev–Trinajstić information content (AvgIpc) is 3.62. The smallest absolute Gasteiger partial charge is 0.410 e. The fourth-order valence-electron chi connectivity index (χ4n) is 8.25. The first-order chi connectivity index (χ1) is 28.2. The van der Waals surface area contributed by atoms with Crippen LogP contribution in [0.4, 0.5) is 33.6 Å². The molecule has 2 aliphatic heterocycles. The number of amides is 1. The third-order valence-corrected chi connectivity index (χ3v) is 13.6. The highest BCUT2D eigenvalue weighted by Gasteiger charge is 2.32. The number of piperidine rings is 1. The lowest BCUT2D eigenvalue weighted by Gasteiger charge is -2.43. The van der Waals surface area contributed by atoms with E-state index in [1.165, 1.54) is 0 Å². The Kier molecular flexibility index (Phi) is 11.7. The number of hydrogen-bond acceptors (Lipinski definition) is 11. The van der Waals surface area contributed by atoms with E-state index in [9.17, 15) is 9.36 Å². The number of nitrogens with one attached hydrogen (secondary N) is 2. The second-order valence-corrected chi connectivity index (χ2v) is 21.3. The van der Waals surface area contributed by atoms with E-state index in [0.717, 1.165) is 108 Å². The Morgan fingerprint density at radius 3 is 2.32 bits per heavy atom. The van der Waals surface area contributed by atoms with Crippen LogP contribution in [0, 0.1) is 0 Å². The number of anilines is 5. The van der Waals surface area contributed by atoms with Crippen molar-refractivity contribution in [3.63, 3.8) is 0 Å². The molecular formula is C44H55BrN9O4P. The fraction of sp³-hybridized carbons (Fsp3) is 0.455. The SMILES string of the molecule is Cn1cc(-c2cc(Nc3ncc(Br)c(Nc4ccc5ccccc5c4P(C)(C)=O)n3)c(OC3CCC3)cc2N2CCC(N3CCN(C(=O)OC(C)(C)C)CC3)CC2)cn1. The van der Waals surface area contributed by atoms with Crippen LogP contribution in [0.1, 0.15) is 52.9 Å². The van der Waals surface area contributed by atoms with Crippen LogP contribution >= 0.6 is 23.1 Å². The summed E-state index contributed by atoms with van der Waals surface area (Å²) in [7, 11) is -0.758. The molecule has 0 atom stereocenters. The maximum Gasteiger partial charge on any atom is 0.410 e. The van der Waals surface area contributed by atoms with Gasteiger partial charge < -0.3 is 34.5 Å². The Hall–Kier alpha value is -4.65. The van der Waals surface area contributed by atoms with Crippen LogP contribution in [-0.4, -0.2) is 106 Å². The third-order valence-electron chi connectivity index (χ3n) is 11.4. The van der Waals surface area contributed by atoms with Gasteiger partial charge in [-0.05, 0) is 105 Å². The van der Waals surface area contributed by atoms with Crippen LogP contribution in [0.25, 0.3) is 21.9 Å². The molecule has 1 aliphatic carbocycles. The van der Waals surface area contributed by atoms with E-state index in [2.05, 4.69) is 58.6 Å². The van der Waals surface area contributed by atoms with Gasteiger partial charge in [-0.2, -0.15) is 10.1 Å². The van der Waals surface area contributed by atoms with Gasteiger partial charge in [0.15, 0.2) is 0 Å². The summed E-state index contributed by atoms with van der Waals surface area (Å²) in [5, 5.41) is 14.3. The monoisotopic (exact) mass is 883 g/mol. The van der Waals surface area contributed by atoms with Gasteiger partial charge in [-0.25, -0.2) is 9.78 Å². The minimum absolute atomic E-state index is 0.144. The molecule has 3 aromatic carbocycles. The van der Waals surface area contributed by atoms with Crippen molar-refractivity contribution in [2.24, 2.45) is 7.05 Å². The number of piperazine rings is 1. The van der Waals surface area contributed by atoms with Gasteiger partial charge >= 0.3 is 6.09 Å². The average molecular weight is 885 g/mol. The van der Waals surface area contributed by atoms with E-state index in [4.69, 9.17) is 14.5 Å². The largest absolute Gasteiger partial charge is 0.488 e. The predicted octanol–water partition coefficient (Wildman–Crippen LogP) is 8.98. The number of halogens is 1. The van der Waals surface area contributed by atoms with Crippen molar-refractivity contribution in [3.05, 3.63) is 71.6 Å². The summed E-state index contributed by atoms with van der Waals surface area (Å²) in [5.74, 6) is 1.70. The highest BCUT2D eigenvalue weighted by molar-refractivity contribution is 9.10. The van der Waals surface area contributed by atoms with Crippen molar-refractivity contribution in [2.45, 2.75) is 70.6 Å². The second-order valence-electron chi connectivity index (χ2n) is 17.3. The standard InChI is InChI=1S/C44H55BrN9O4P/c1-44(2,3)58-43(55)54-22-20-52(21-23-54)31-16-18-53(19-17-31)38-25-39(57-32-11-9-12-32)37(24-34(38)30-26-47-51(4)28-30)49-42-46-27-35(45)41(50-42)48-36-15-14-29-10-7-8-13-33(29)40(36)59(5,6)56/h7-8,10,13-15,24-28,31-32H,9,11-12,16-23H2,1-6H3,(H2,46,48,49,50). The molecule has 312 valence electrons. The molecule has 0 spiro atoms. The first-order valence-corrected chi connectivity index (χ1v) is 24.0. The Balaban J connectivity index is 1.06. The Bertz CT molecular complexity index is 2370. The van der Waals surface area contributed by atoms with Gasteiger partial charge in [0.2, 0.25) is 5.95 Å². The third kappa shape index (κ3) is 9.40. The molecule has 13 nitrogen and oxygen atoms in total. The van der Waals surface area contributed by atoms with E-state index >= 15 is 0 Å². The number of fused-ring (bicyclic) bond motifs is 1. The molecule has 3 aliphatic rings. The first-order valence-electron chi connectivity index (χ1n) is 20.6. The summed E-state index contributed by atoms with van der Waals surface area (Å²) >= 11 is 3.66. The van der Waals surface area contributed by atoms with Crippen LogP contribution in [-0.2, 0) is 16.3 Å². The number of aryl methyl sites for hydroxylation is 1. The summed E-state index contributed by atoms with van der Waals surface area (Å²) in [6.07, 6.45) is 10.8. The van der Waals surface area contributed by atoms with E-state index in [-0.39, 0.29) is 12.2 Å². The minimum atomic E-state index is -2.69. The zero-order chi connectivity index (χ0) is 41.5. The van der Waals surface area contributed by atoms with Gasteiger partial charge in [0.05, 0.1) is 28.1 Å². The number of hydrogen-bond donors (Lipinski definition) is 2. The maximum atomic E-state index is 13.7. The summed E-state index contributed by atoms with van der Waals surface area (Å²) in [6, 6.07) is 16.8. The molecule has 2 aromatic heterocycles. The van der Waals surface area contributed by atoms with Gasteiger partial charge in [-0.15, -0.1) is 0 Å². The molecule has 59 heavy (non-hydrogen) atoms. The van der Waals surface area contributed by atoms with Gasteiger partial charge in [0.1, 0.15) is 24.3 Å². The molecule has 4 heterocycles. The summed E-state index contributed by atoms with van der Waals surface area (Å²) in [6.45, 7) is 14.2. The predicted molar refractivity (Wildman–Crippen MR) is 241 cm³/mol. The van der Waals surface area contributed by atoms with E-state index in [1.807, 2.05) is 86.2 Å². The number of aromatic nitrogens is 4. The molecule has 0 unspecified atom stereocenters. The van der Waals surface area contributed by atoms with Crippen LogP contribution < -0.4 is 25.6 Å². The van der Waals surface area contributed by atoms with Gasteiger partial charge in [0.25, 0.3) is 0 Å². The first kappa shape index (κ1) is 41.1. The molecule has 15 heteroatoms. The zero-order valence-corrected chi connectivity index (χ0v) is 37.4. The Morgan fingerprint density at radius 1 is 0.915 bits per heavy atom. The molecule has 5 aromatic rings. The lowest BCUT2D eigenvalue weighted by atomic mass is 9.95. The van der Waals surface area contributed by atoms with Crippen LogP contribution in [0.5, 0.6) is 5.75 Å². The number of carbonyl (C=O) groups excluding carboxylic acids is 1. The van der Waals surface area contributed by atoms with Crippen LogP contribution in [0.3, 0.4) is 0 Å². The van der Waals surface area contributed by atoms with Crippen molar-refractivity contribution in [1.82, 2.24) is 29.5 Å². The lowest BCUT2D eigenvalue weighted by Crippen LogP contribution is -2.55. The Labute approximate surface area is 355 Å². The molecule has 3 fully saturated rings. The molecule has 0 radical (unpaired) electrons. The summed E-state index contributed by atoms with van der Waals surface area (Å²) in [5.41, 5.74) is 4.17. The molecule has 2 saturated heterocycles. The molecular weight excluding hydrogens is 829 g/mol. The minimum Gasteiger partial charge on any atom is -0.488 e. The van der Waals surface area contributed by atoms with Crippen LogP contribution in [0.2, 0.25) is 0 Å². The summed E-state index contributed by atoms with van der Waals surface area (Å²) in [4.78, 5) is 29.2.